The van der Waals surface area contributed by atoms with Crippen LogP contribution in [-0.4, -0.2) is 29.2 Å². The number of anilines is 1. The van der Waals surface area contributed by atoms with Crippen LogP contribution < -0.4 is 5.32 Å². The fraction of sp³-hybridized carbons (Fsp3) is 0.323. The van der Waals surface area contributed by atoms with Gasteiger partial charge in [-0.2, -0.15) is 0 Å². The summed E-state index contributed by atoms with van der Waals surface area (Å²) in [6.45, 7) is 2.11. The summed E-state index contributed by atoms with van der Waals surface area (Å²) in [5, 5.41) is 3.47. The van der Waals surface area contributed by atoms with Gasteiger partial charge in [0.1, 0.15) is 9.75 Å². The number of carbonyl (C=O) groups is 3. The molecule has 206 valence electrons. The predicted molar refractivity (Wildman–Crippen MR) is 161 cm³/mol. The monoisotopic (exact) mass is 658 g/mol. The van der Waals surface area contributed by atoms with Crippen LogP contribution in [0.15, 0.2) is 65.1 Å². The number of carbonyl (C=O) groups excluding carboxylic acids is 3. The Morgan fingerprint density at radius 1 is 0.850 bits per heavy atom. The summed E-state index contributed by atoms with van der Waals surface area (Å²) in [7, 11) is 0. The lowest BCUT2D eigenvalue weighted by atomic mass is 9.54. The quantitative estimate of drug-likeness (QED) is 0.162. The molecule has 0 spiro atoms. The summed E-state index contributed by atoms with van der Waals surface area (Å²) in [5.41, 5.74) is 4.65. The van der Waals surface area contributed by atoms with Gasteiger partial charge in [0, 0.05) is 23.1 Å². The Hall–Kier alpha value is -2.38. The van der Waals surface area contributed by atoms with Gasteiger partial charge in [0.15, 0.2) is 0 Å². The highest BCUT2D eigenvalue weighted by Gasteiger charge is 2.72. The van der Waals surface area contributed by atoms with Crippen LogP contribution in [0.3, 0.4) is 0 Å². The molecule has 3 aromatic carbocycles. The zero-order valence-corrected chi connectivity index (χ0v) is 25.5. The first-order valence-electron chi connectivity index (χ1n) is 13.3. The van der Waals surface area contributed by atoms with E-state index in [1.54, 1.807) is 6.07 Å². The number of benzene rings is 3. The number of likely N-dealkylation sites (tertiary alicyclic amines) is 1. The van der Waals surface area contributed by atoms with Crippen molar-refractivity contribution in [2.24, 2.45) is 11.8 Å². The van der Waals surface area contributed by atoms with Crippen LogP contribution in [0.5, 0.6) is 0 Å². The van der Waals surface area contributed by atoms with E-state index < -0.39 is 21.6 Å². The van der Waals surface area contributed by atoms with E-state index in [1.807, 2.05) is 61.5 Å². The average Bonchev–Trinajstić information content (AvgIpc) is 3.22. The van der Waals surface area contributed by atoms with Crippen molar-refractivity contribution in [1.82, 2.24) is 4.90 Å². The van der Waals surface area contributed by atoms with Crippen LogP contribution in [0.2, 0.25) is 5.02 Å². The molecule has 3 amide bonds. The Morgan fingerprint density at radius 3 is 1.85 bits per heavy atom. The van der Waals surface area contributed by atoms with Crippen LogP contribution >= 0.6 is 50.7 Å². The van der Waals surface area contributed by atoms with Gasteiger partial charge >= 0.3 is 0 Å². The Balaban J connectivity index is 1.14. The maximum absolute atomic E-state index is 13.8. The summed E-state index contributed by atoms with van der Waals surface area (Å²) in [5.74, 6) is -2.23. The molecule has 4 aliphatic rings. The third-order valence-electron chi connectivity index (χ3n) is 8.58. The molecule has 0 radical (unpaired) electrons. The molecule has 3 aromatic rings. The highest BCUT2D eigenvalue weighted by Crippen LogP contribution is 2.69. The third kappa shape index (κ3) is 3.90. The highest BCUT2D eigenvalue weighted by atomic mass is 79.9. The molecule has 5 nitrogen and oxygen atoms in total. The minimum Gasteiger partial charge on any atom is -0.326 e. The molecule has 7 rings (SSSR count). The first-order valence-corrected chi connectivity index (χ1v) is 15.2. The number of nitrogens with zero attached hydrogens (tertiary/aromatic N) is 1. The van der Waals surface area contributed by atoms with E-state index in [2.05, 4.69) is 21.2 Å². The van der Waals surface area contributed by atoms with Crippen molar-refractivity contribution in [3.8, 4) is 0 Å². The van der Waals surface area contributed by atoms with Gasteiger partial charge in [-0.05, 0) is 75.6 Å². The van der Waals surface area contributed by atoms with Crippen molar-refractivity contribution in [2.75, 3.05) is 11.9 Å². The van der Waals surface area contributed by atoms with Crippen molar-refractivity contribution in [2.45, 2.75) is 42.4 Å². The fourth-order valence-corrected chi connectivity index (χ4v) is 8.37. The molecule has 0 unspecified atom stereocenters. The number of nitrogens with one attached hydrogen (secondary N) is 1. The van der Waals surface area contributed by atoms with Crippen molar-refractivity contribution >= 4 is 74.1 Å². The molecule has 1 N–H and O–H groups in total. The Labute approximate surface area is 256 Å². The lowest BCUT2D eigenvalue weighted by Crippen LogP contribution is -2.57. The Kier molecular flexibility index (Phi) is 7.06. The molecule has 2 atom stereocenters. The van der Waals surface area contributed by atoms with Gasteiger partial charge in [0.05, 0.1) is 16.9 Å². The zero-order valence-electron chi connectivity index (χ0n) is 21.6. The topological polar surface area (TPSA) is 66.5 Å². The van der Waals surface area contributed by atoms with Crippen molar-refractivity contribution < 1.29 is 14.4 Å². The van der Waals surface area contributed by atoms with Crippen LogP contribution in [-0.2, 0) is 24.1 Å². The van der Waals surface area contributed by atoms with Gasteiger partial charge in [-0.3, -0.25) is 19.3 Å². The van der Waals surface area contributed by atoms with Gasteiger partial charge in [0.25, 0.3) is 0 Å². The number of alkyl halides is 2. The van der Waals surface area contributed by atoms with Crippen LogP contribution in [0.25, 0.3) is 0 Å². The molecule has 3 aliphatic carbocycles. The minimum atomic E-state index is -1.16. The fourth-order valence-electron chi connectivity index (χ4n) is 6.68. The highest BCUT2D eigenvalue weighted by molar-refractivity contribution is 9.10. The molecule has 1 saturated heterocycles. The molecule has 0 saturated carbocycles. The average molecular weight is 661 g/mol. The summed E-state index contributed by atoms with van der Waals surface area (Å²) in [6, 6.07) is 18.8. The van der Waals surface area contributed by atoms with E-state index in [-0.39, 0.29) is 24.3 Å². The molecule has 40 heavy (non-hydrogen) atoms. The number of imide groups is 1. The number of halogens is 4. The number of unbranched alkanes of at least 4 members (excludes halogenated alkanes) is 2. The second-order valence-corrected chi connectivity index (χ2v) is 13.1. The van der Waals surface area contributed by atoms with E-state index in [1.165, 1.54) is 4.90 Å². The second-order valence-electron chi connectivity index (χ2n) is 10.7. The number of rotatable bonds is 7. The molecule has 1 heterocycles. The lowest BCUT2D eigenvalue weighted by molar-refractivity contribution is -0.140. The summed E-state index contributed by atoms with van der Waals surface area (Å²) in [4.78, 5) is 39.2. The van der Waals surface area contributed by atoms with Crippen LogP contribution in [0, 0.1) is 18.8 Å². The Morgan fingerprint density at radius 2 is 1.35 bits per heavy atom. The van der Waals surface area contributed by atoms with E-state index in [0.717, 1.165) is 32.3 Å². The molecule has 0 aromatic heterocycles. The van der Waals surface area contributed by atoms with Crippen molar-refractivity contribution in [3.05, 3.63) is 98.0 Å². The van der Waals surface area contributed by atoms with Crippen LogP contribution in [0.4, 0.5) is 5.69 Å². The molecular formula is C31H26BrCl3N2O3. The lowest BCUT2D eigenvalue weighted by Gasteiger charge is -2.54. The maximum atomic E-state index is 13.8. The van der Waals surface area contributed by atoms with Crippen LogP contribution in [0.1, 0.15) is 53.5 Å². The SMILES string of the molecule is Cc1c(NC(=O)CCCCCN2C(=O)[C@@H]3[C@@H](C2=O)C2(Cl)c4ccccc4C3(Cl)c3ccccc32)ccc(Br)c1Cl. The largest absolute Gasteiger partial charge is 0.326 e. The van der Waals surface area contributed by atoms with E-state index in [0.29, 0.717) is 36.4 Å². The minimum absolute atomic E-state index is 0.110. The smallest absolute Gasteiger partial charge is 0.235 e. The molecular weight excluding hydrogens is 635 g/mol. The first-order chi connectivity index (χ1) is 19.1. The molecule has 1 aliphatic heterocycles. The van der Waals surface area contributed by atoms with E-state index in [9.17, 15) is 14.4 Å². The normalized spacial score (nSPS) is 26.0. The standard InChI is InChI=1S/C31H26BrCl3N2O3/c1-17-23(15-14-22(32)27(17)33)36-24(38)13-3-2-8-16-37-28(39)25-26(29(37)40)31(35)19-10-5-4-9-18(19)30(25,34)20-11-6-7-12-21(20)31/h4-7,9-12,14-15,25-26H,2-3,8,13,16H2,1H3,(H,36,38)/t25-,26-,30?,31?/m0/s1. The van der Waals surface area contributed by atoms with Gasteiger partial charge in [0.2, 0.25) is 17.7 Å². The first kappa shape index (κ1) is 27.8. The van der Waals surface area contributed by atoms with Gasteiger partial charge in [-0.1, -0.05) is 66.6 Å². The summed E-state index contributed by atoms with van der Waals surface area (Å²) < 4.78 is 0.774. The van der Waals surface area contributed by atoms with E-state index in [4.69, 9.17) is 34.8 Å². The second kappa shape index (κ2) is 10.2. The number of hydrogen-bond donors (Lipinski definition) is 1. The zero-order chi connectivity index (χ0) is 28.4. The Bertz CT molecular complexity index is 1450. The third-order valence-corrected chi connectivity index (χ3v) is 11.2. The summed E-state index contributed by atoms with van der Waals surface area (Å²) in [6.07, 6.45) is 2.20. The predicted octanol–water partition coefficient (Wildman–Crippen LogP) is 7.50. The van der Waals surface area contributed by atoms with Gasteiger partial charge < -0.3 is 5.32 Å². The molecule has 1 fully saturated rings. The maximum Gasteiger partial charge on any atom is 0.235 e. The van der Waals surface area contributed by atoms with Gasteiger partial charge in [-0.15, -0.1) is 23.2 Å². The summed E-state index contributed by atoms with van der Waals surface area (Å²) >= 11 is 24.5. The molecule has 2 bridgehead atoms. The van der Waals surface area contributed by atoms with Crippen molar-refractivity contribution in [1.29, 1.82) is 0 Å². The molecule has 9 heteroatoms. The van der Waals surface area contributed by atoms with Crippen molar-refractivity contribution in [3.63, 3.8) is 0 Å². The van der Waals surface area contributed by atoms with E-state index >= 15 is 0 Å². The number of hydrogen-bond acceptors (Lipinski definition) is 3. The van der Waals surface area contributed by atoms with Gasteiger partial charge in [-0.25, -0.2) is 0 Å². The number of amides is 3.